The standard InChI is InChI=1S/C28H29FN2O6/c1-33-24-9-8-19(15-21(24)30)23(32)10-11-31-22-16-25(34-2)20(29)14-18(22)7-6-17-12-26(35-3)28(37-5)27(13-17)36-4/h6-16,31H,30H2,1-5H3. The molecule has 0 heterocycles. The molecular weight excluding hydrogens is 479 g/mol. The van der Waals surface area contributed by atoms with Crippen molar-refractivity contribution in [1.29, 1.82) is 0 Å². The summed E-state index contributed by atoms with van der Waals surface area (Å²) in [6, 6.07) is 11.2. The molecule has 0 bridgehead atoms. The van der Waals surface area contributed by atoms with Crippen LogP contribution < -0.4 is 34.7 Å². The zero-order valence-corrected chi connectivity index (χ0v) is 21.3. The third-order valence-electron chi connectivity index (χ3n) is 5.45. The first-order chi connectivity index (χ1) is 17.8. The molecule has 37 heavy (non-hydrogen) atoms. The van der Waals surface area contributed by atoms with Crippen LogP contribution in [0.4, 0.5) is 15.8 Å². The highest BCUT2D eigenvalue weighted by molar-refractivity contribution is 6.05. The van der Waals surface area contributed by atoms with Gasteiger partial charge in [-0.25, -0.2) is 4.39 Å². The number of nitrogens with two attached hydrogens (primary N) is 1. The van der Waals surface area contributed by atoms with Crippen LogP contribution in [-0.2, 0) is 0 Å². The molecule has 194 valence electrons. The zero-order valence-electron chi connectivity index (χ0n) is 21.3. The number of halogens is 1. The summed E-state index contributed by atoms with van der Waals surface area (Å²) in [6.07, 6.45) is 6.30. The fourth-order valence-corrected chi connectivity index (χ4v) is 3.56. The largest absolute Gasteiger partial charge is 0.495 e. The van der Waals surface area contributed by atoms with E-state index in [1.54, 1.807) is 36.4 Å². The Morgan fingerprint density at radius 1 is 0.811 bits per heavy atom. The molecule has 0 aliphatic carbocycles. The van der Waals surface area contributed by atoms with E-state index in [-0.39, 0.29) is 11.5 Å². The molecule has 0 aromatic heterocycles. The second kappa shape index (κ2) is 12.3. The van der Waals surface area contributed by atoms with Crippen LogP contribution in [0.3, 0.4) is 0 Å². The van der Waals surface area contributed by atoms with E-state index in [9.17, 15) is 9.18 Å². The molecule has 9 heteroatoms. The lowest BCUT2D eigenvalue weighted by atomic mass is 10.1. The Morgan fingerprint density at radius 3 is 2.03 bits per heavy atom. The van der Waals surface area contributed by atoms with E-state index in [2.05, 4.69) is 5.32 Å². The van der Waals surface area contributed by atoms with Gasteiger partial charge in [0.05, 0.1) is 41.2 Å². The predicted octanol–water partition coefficient (Wildman–Crippen LogP) is 5.43. The minimum atomic E-state index is -0.536. The highest BCUT2D eigenvalue weighted by Crippen LogP contribution is 2.39. The molecular formula is C28H29FN2O6. The van der Waals surface area contributed by atoms with Crippen molar-refractivity contribution in [3.05, 3.63) is 77.2 Å². The molecule has 0 atom stereocenters. The maximum Gasteiger partial charge on any atom is 0.203 e. The van der Waals surface area contributed by atoms with Crippen molar-refractivity contribution in [2.75, 3.05) is 46.6 Å². The summed E-state index contributed by atoms with van der Waals surface area (Å²) < 4.78 is 40.9. The van der Waals surface area contributed by atoms with Gasteiger partial charge in [-0.3, -0.25) is 4.79 Å². The molecule has 0 spiro atoms. The Balaban J connectivity index is 1.89. The van der Waals surface area contributed by atoms with Crippen molar-refractivity contribution in [1.82, 2.24) is 0 Å². The van der Waals surface area contributed by atoms with E-state index in [1.807, 2.05) is 0 Å². The van der Waals surface area contributed by atoms with Crippen molar-refractivity contribution in [3.63, 3.8) is 0 Å². The van der Waals surface area contributed by atoms with E-state index in [0.717, 1.165) is 5.56 Å². The summed E-state index contributed by atoms with van der Waals surface area (Å²) >= 11 is 0. The molecule has 0 unspecified atom stereocenters. The van der Waals surface area contributed by atoms with Crippen LogP contribution in [0, 0.1) is 5.82 Å². The van der Waals surface area contributed by atoms with Gasteiger partial charge >= 0.3 is 0 Å². The minimum absolute atomic E-state index is 0.0510. The number of carbonyl (C=O) groups is 1. The Labute approximate surface area is 215 Å². The van der Waals surface area contributed by atoms with Crippen molar-refractivity contribution >= 4 is 29.3 Å². The van der Waals surface area contributed by atoms with Gasteiger partial charge in [-0.05, 0) is 42.0 Å². The van der Waals surface area contributed by atoms with Gasteiger partial charge in [-0.2, -0.15) is 0 Å². The number of rotatable bonds is 11. The summed E-state index contributed by atoms with van der Waals surface area (Å²) in [4.78, 5) is 12.6. The number of nitrogen functional groups attached to an aromatic ring is 1. The van der Waals surface area contributed by atoms with Crippen LogP contribution in [-0.4, -0.2) is 41.3 Å². The van der Waals surface area contributed by atoms with Crippen LogP contribution in [0.25, 0.3) is 12.2 Å². The normalized spacial score (nSPS) is 11.0. The van der Waals surface area contributed by atoms with E-state index in [1.165, 1.54) is 66.0 Å². The average Bonchev–Trinajstić information content (AvgIpc) is 2.91. The van der Waals surface area contributed by atoms with Crippen LogP contribution in [0.2, 0.25) is 0 Å². The number of carbonyl (C=O) groups excluding carboxylic acids is 1. The van der Waals surface area contributed by atoms with Crippen LogP contribution in [0.15, 0.2) is 54.7 Å². The highest BCUT2D eigenvalue weighted by Gasteiger charge is 2.13. The van der Waals surface area contributed by atoms with Gasteiger partial charge < -0.3 is 34.7 Å². The third-order valence-corrected chi connectivity index (χ3v) is 5.45. The number of anilines is 2. The monoisotopic (exact) mass is 508 g/mol. The molecule has 3 aromatic carbocycles. The zero-order chi connectivity index (χ0) is 26.9. The van der Waals surface area contributed by atoms with Gasteiger partial charge in [0.15, 0.2) is 28.8 Å². The fraction of sp³-hybridized carbons (Fsp3) is 0.179. The van der Waals surface area contributed by atoms with Crippen LogP contribution in [0.5, 0.6) is 28.7 Å². The van der Waals surface area contributed by atoms with Gasteiger partial charge in [0, 0.05) is 35.2 Å². The molecule has 0 aliphatic heterocycles. The van der Waals surface area contributed by atoms with Crippen molar-refractivity contribution in [2.45, 2.75) is 0 Å². The van der Waals surface area contributed by atoms with E-state index in [0.29, 0.717) is 45.5 Å². The van der Waals surface area contributed by atoms with Gasteiger partial charge in [0.2, 0.25) is 5.75 Å². The Morgan fingerprint density at radius 2 is 1.46 bits per heavy atom. The number of hydrogen-bond acceptors (Lipinski definition) is 8. The molecule has 3 N–H and O–H groups in total. The summed E-state index contributed by atoms with van der Waals surface area (Å²) in [5.41, 5.74) is 8.41. The van der Waals surface area contributed by atoms with Gasteiger partial charge in [0.25, 0.3) is 0 Å². The summed E-state index contributed by atoms with van der Waals surface area (Å²) in [5, 5.41) is 3.03. The summed E-state index contributed by atoms with van der Waals surface area (Å²) in [7, 11) is 7.46. The van der Waals surface area contributed by atoms with Crippen molar-refractivity contribution in [3.8, 4) is 28.7 Å². The lowest BCUT2D eigenvalue weighted by molar-refractivity contribution is 0.104. The van der Waals surface area contributed by atoms with E-state index in [4.69, 9.17) is 29.4 Å². The van der Waals surface area contributed by atoms with E-state index >= 15 is 0 Å². The smallest absolute Gasteiger partial charge is 0.203 e. The molecule has 8 nitrogen and oxygen atoms in total. The number of ether oxygens (including phenoxy) is 5. The van der Waals surface area contributed by atoms with Crippen molar-refractivity contribution < 1.29 is 32.9 Å². The first-order valence-corrected chi connectivity index (χ1v) is 11.1. The SMILES string of the molecule is COc1ccc(C(=O)C=CNc2cc(OC)c(F)cc2C=Cc2cc(OC)c(OC)c(OC)c2)cc1N. The second-order valence-corrected chi connectivity index (χ2v) is 7.66. The van der Waals surface area contributed by atoms with Crippen LogP contribution in [0.1, 0.15) is 21.5 Å². The number of nitrogens with one attached hydrogen (secondary N) is 1. The first-order valence-electron chi connectivity index (χ1n) is 11.1. The quantitative estimate of drug-likeness (QED) is 0.153. The summed E-state index contributed by atoms with van der Waals surface area (Å²) in [5.74, 6) is 1.17. The molecule has 0 saturated carbocycles. The van der Waals surface area contributed by atoms with Crippen molar-refractivity contribution in [2.24, 2.45) is 0 Å². The van der Waals surface area contributed by atoms with E-state index < -0.39 is 5.82 Å². The highest BCUT2D eigenvalue weighted by atomic mass is 19.1. The summed E-state index contributed by atoms with van der Waals surface area (Å²) in [6.45, 7) is 0. The maximum absolute atomic E-state index is 14.5. The molecule has 0 fully saturated rings. The molecule has 0 aliphatic rings. The molecule has 0 amide bonds. The molecule has 3 rings (SSSR count). The fourth-order valence-electron chi connectivity index (χ4n) is 3.56. The number of hydrogen-bond donors (Lipinski definition) is 2. The van der Waals surface area contributed by atoms with Gasteiger partial charge in [-0.15, -0.1) is 0 Å². The lowest BCUT2D eigenvalue weighted by Crippen LogP contribution is -2.00. The first kappa shape index (κ1) is 26.9. The number of ketones is 1. The Bertz CT molecular complexity index is 1310. The topological polar surface area (TPSA) is 101 Å². The Kier molecular flexibility index (Phi) is 8.99. The second-order valence-electron chi connectivity index (χ2n) is 7.66. The van der Waals surface area contributed by atoms with Gasteiger partial charge in [-0.1, -0.05) is 12.2 Å². The molecule has 0 radical (unpaired) electrons. The predicted molar refractivity (Wildman–Crippen MR) is 142 cm³/mol. The number of methoxy groups -OCH3 is 5. The van der Waals surface area contributed by atoms with Gasteiger partial charge in [0.1, 0.15) is 5.75 Å². The average molecular weight is 509 g/mol. The lowest BCUT2D eigenvalue weighted by Gasteiger charge is -2.13. The molecule has 3 aromatic rings. The molecule has 0 saturated heterocycles. The third kappa shape index (κ3) is 6.32. The Hall–Kier alpha value is -4.66. The number of benzene rings is 3. The number of allylic oxidation sites excluding steroid dienone is 1. The van der Waals surface area contributed by atoms with Crippen LogP contribution >= 0.6 is 0 Å². The minimum Gasteiger partial charge on any atom is -0.495 e. The maximum atomic E-state index is 14.5.